The second-order valence-corrected chi connectivity index (χ2v) is 5.57. The lowest BCUT2D eigenvalue weighted by Crippen LogP contribution is -2.16. The molecule has 3 rings (SSSR count). The molecule has 0 radical (unpaired) electrons. The Bertz CT molecular complexity index is 905. The topological polar surface area (TPSA) is 115 Å². The average molecular weight is 343 g/mol. The molecule has 0 aliphatic rings. The Morgan fingerprint density at radius 1 is 1.25 bits per heavy atom. The minimum atomic E-state index is -0.0278. The molecule has 0 saturated heterocycles. The number of hydrogen-bond acceptors (Lipinski definition) is 5. The third-order valence-electron chi connectivity index (χ3n) is 3.41. The lowest BCUT2D eigenvalue weighted by molar-refractivity contribution is 0.432. The molecule has 0 unspecified atom stereocenters. The largest absolute Gasteiger partial charge is 0.493 e. The fraction of sp³-hybridized carbons (Fsp3) is 0.0625. The fourth-order valence-electron chi connectivity index (χ4n) is 2.30. The highest BCUT2D eigenvalue weighted by Crippen LogP contribution is 2.20. The van der Waals surface area contributed by atoms with Crippen LogP contribution in [0, 0.1) is 0 Å². The molecule has 0 atom stereocenters. The lowest BCUT2D eigenvalue weighted by Gasteiger charge is -2.04. The van der Waals surface area contributed by atoms with Gasteiger partial charge in [0, 0.05) is 29.3 Å². The van der Waals surface area contributed by atoms with Gasteiger partial charge in [0.2, 0.25) is 5.88 Å². The van der Waals surface area contributed by atoms with Crippen LogP contribution in [0.5, 0.6) is 5.88 Å². The number of hydrogen-bond donors (Lipinski definition) is 3. The maximum absolute atomic E-state index is 10.2. The third kappa shape index (κ3) is 3.31. The van der Waals surface area contributed by atoms with Crippen molar-refractivity contribution in [2.75, 3.05) is 0 Å². The Hall–Kier alpha value is -3.06. The first kappa shape index (κ1) is 15.8. The molecule has 0 aliphatic carbocycles. The molecule has 0 bridgehead atoms. The number of aromatic nitrogens is 3. The number of pyridine rings is 1. The molecule has 0 spiro atoms. The summed E-state index contributed by atoms with van der Waals surface area (Å²) in [5.41, 5.74) is 7.96. The molecule has 0 saturated carbocycles. The minimum absolute atomic E-state index is 0.0278. The molecule has 3 aromatic rings. The van der Waals surface area contributed by atoms with Crippen LogP contribution in [0.15, 0.2) is 53.8 Å². The molecule has 24 heavy (non-hydrogen) atoms. The van der Waals surface area contributed by atoms with Gasteiger partial charge < -0.3 is 16.7 Å². The Balaban J connectivity index is 1.92. The Labute approximate surface area is 143 Å². The first-order chi connectivity index (χ1) is 11.6. The molecule has 8 heteroatoms. The van der Waals surface area contributed by atoms with Crippen molar-refractivity contribution in [3.8, 4) is 11.7 Å². The van der Waals surface area contributed by atoms with Crippen LogP contribution in [0.25, 0.3) is 5.82 Å². The van der Waals surface area contributed by atoms with Gasteiger partial charge in [-0.25, -0.2) is 4.98 Å². The van der Waals surface area contributed by atoms with Crippen molar-refractivity contribution in [1.29, 1.82) is 0 Å². The highest BCUT2D eigenvalue weighted by atomic mass is 35.5. The number of halogens is 1. The van der Waals surface area contributed by atoms with E-state index in [0.717, 1.165) is 5.56 Å². The third-order valence-corrected chi connectivity index (χ3v) is 3.65. The lowest BCUT2D eigenvalue weighted by atomic mass is 10.1. The van der Waals surface area contributed by atoms with E-state index in [1.807, 2.05) is 18.2 Å². The summed E-state index contributed by atoms with van der Waals surface area (Å²) >= 11 is 5.99. The van der Waals surface area contributed by atoms with Crippen molar-refractivity contribution < 1.29 is 5.11 Å². The highest BCUT2D eigenvalue weighted by molar-refractivity contribution is 6.30. The highest BCUT2D eigenvalue weighted by Gasteiger charge is 2.11. The van der Waals surface area contributed by atoms with Crippen molar-refractivity contribution in [1.82, 2.24) is 14.8 Å². The first-order valence-electron chi connectivity index (χ1n) is 7.09. The van der Waals surface area contributed by atoms with Gasteiger partial charge in [-0.15, -0.1) is 0 Å². The Morgan fingerprint density at radius 2 is 2.08 bits per heavy atom. The second-order valence-electron chi connectivity index (χ2n) is 5.13. The number of nitrogens with two attached hydrogens (primary N) is 2. The van der Waals surface area contributed by atoms with E-state index in [4.69, 9.17) is 23.2 Å². The molecule has 5 N–H and O–H groups in total. The van der Waals surface area contributed by atoms with E-state index in [9.17, 15) is 5.11 Å². The molecule has 7 nitrogen and oxygen atoms in total. The summed E-state index contributed by atoms with van der Waals surface area (Å²) in [6.45, 7) is 0. The van der Waals surface area contributed by atoms with Crippen molar-refractivity contribution in [3.63, 3.8) is 0 Å². The average Bonchev–Trinajstić information content (AvgIpc) is 2.94. The molecule has 0 aliphatic heterocycles. The second kappa shape index (κ2) is 6.59. The van der Waals surface area contributed by atoms with Crippen molar-refractivity contribution in [2.24, 2.45) is 16.7 Å². The van der Waals surface area contributed by atoms with E-state index >= 15 is 0 Å². The maximum Gasteiger partial charge on any atom is 0.215 e. The summed E-state index contributed by atoms with van der Waals surface area (Å²) in [4.78, 5) is 4.19. The molecule has 2 heterocycles. The molecule has 122 valence electrons. The van der Waals surface area contributed by atoms with Crippen LogP contribution in [-0.2, 0) is 6.42 Å². The summed E-state index contributed by atoms with van der Waals surface area (Å²) in [6.07, 6.45) is 2.08. The number of aromatic hydroxyl groups is 1. The summed E-state index contributed by atoms with van der Waals surface area (Å²) < 4.78 is 1.33. The molecule has 0 amide bonds. The van der Waals surface area contributed by atoms with Crippen molar-refractivity contribution in [3.05, 3.63) is 70.5 Å². The van der Waals surface area contributed by atoms with Gasteiger partial charge in [-0.05, 0) is 29.8 Å². The Kier molecular flexibility index (Phi) is 4.35. The van der Waals surface area contributed by atoms with Crippen LogP contribution in [0.3, 0.4) is 0 Å². The van der Waals surface area contributed by atoms with Crippen molar-refractivity contribution in [2.45, 2.75) is 6.42 Å². The van der Waals surface area contributed by atoms with Crippen LogP contribution >= 0.6 is 11.6 Å². The van der Waals surface area contributed by atoms with Gasteiger partial charge in [0.25, 0.3) is 0 Å². The zero-order valence-corrected chi connectivity index (χ0v) is 13.4. The number of nitrogens with zero attached hydrogens (tertiary/aromatic N) is 4. The minimum Gasteiger partial charge on any atom is -0.493 e. The normalized spacial score (nSPS) is 11.6. The van der Waals surface area contributed by atoms with Crippen LogP contribution in [-0.4, -0.2) is 25.7 Å². The fourth-order valence-corrected chi connectivity index (χ4v) is 2.51. The van der Waals surface area contributed by atoms with Gasteiger partial charge in [0.15, 0.2) is 5.82 Å². The quantitative estimate of drug-likeness (QED) is 0.289. The zero-order chi connectivity index (χ0) is 17.1. The molecular formula is C16H15ClN6O. The number of benzene rings is 1. The Morgan fingerprint density at radius 3 is 2.83 bits per heavy atom. The number of rotatable bonds is 4. The van der Waals surface area contributed by atoms with Crippen LogP contribution in [0.1, 0.15) is 16.8 Å². The number of hydrazone groups is 1. The standard InChI is InChI=1S/C16H15ClN6O/c17-12-3-1-2-10(6-12)7-13-9-15(24)23(22-13)14-8-11(4-5-20-14)16(18)21-19/h1-6,8-9,24H,7,19H2,(H2,18,21). The summed E-state index contributed by atoms with van der Waals surface area (Å²) in [5, 5.41) is 18.6. The first-order valence-corrected chi connectivity index (χ1v) is 7.47. The molecular weight excluding hydrogens is 328 g/mol. The zero-order valence-electron chi connectivity index (χ0n) is 12.6. The number of amidine groups is 1. The van der Waals surface area contributed by atoms with E-state index in [0.29, 0.717) is 28.5 Å². The van der Waals surface area contributed by atoms with Crippen LogP contribution in [0.2, 0.25) is 5.02 Å². The van der Waals surface area contributed by atoms with Gasteiger partial charge in [-0.2, -0.15) is 14.9 Å². The predicted molar refractivity (Wildman–Crippen MR) is 92.2 cm³/mol. The van der Waals surface area contributed by atoms with E-state index < -0.39 is 0 Å². The van der Waals surface area contributed by atoms with E-state index in [-0.39, 0.29) is 11.7 Å². The van der Waals surface area contributed by atoms with Gasteiger partial charge in [-0.3, -0.25) is 0 Å². The van der Waals surface area contributed by atoms with Gasteiger partial charge in [-0.1, -0.05) is 23.7 Å². The van der Waals surface area contributed by atoms with E-state index in [1.165, 1.54) is 4.68 Å². The van der Waals surface area contributed by atoms with E-state index in [2.05, 4.69) is 15.2 Å². The van der Waals surface area contributed by atoms with Gasteiger partial charge >= 0.3 is 0 Å². The van der Waals surface area contributed by atoms with Gasteiger partial charge in [0.05, 0.1) is 5.69 Å². The van der Waals surface area contributed by atoms with Crippen LogP contribution in [0.4, 0.5) is 0 Å². The summed E-state index contributed by atoms with van der Waals surface area (Å²) in [5.74, 6) is 5.74. The predicted octanol–water partition coefficient (Wildman–Crippen LogP) is 1.80. The van der Waals surface area contributed by atoms with Crippen LogP contribution < -0.4 is 11.6 Å². The summed E-state index contributed by atoms with van der Waals surface area (Å²) in [7, 11) is 0. The SMILES string of the molecule is N/N=C(\N)c1ccnc(-n2nc(Cc3cccc(Cl)c3)cc2O)c1. The van der Waals surface area contributed by atoms with Crippen molar-refractivity contribution >= 4 is 17.4 Å². The van der Waals surface area contributed by atoms with Gasteiger partial charge in [0.1, 0.15) is 5.84 Å². The molecule has 0 fully saturated rings. The summed E-state index contributed by atoms with van der Waals surface area (Å²) in [6, 6.07) is 12.4. The monoisotopic (exact) mass is 342 g/mol. The maximum atomic E-state index is 10.2. The molecule has 1 aromatic carbocycles. The molecule has 2 aromatic heterocycles. The van der Waals surface area contributed by atoms with E-state index in [1.54, 1.807) is 30.5 Å². The smallest absolute Gasteiger partial charge is 0.215 e.